The number of carbonyl (C=O) groups is 2. The summed E-state index contributed by atoms with van der Waals surface area (Å²) in [4.78, 5) is 28.9. The van der Waals surface area contributed by atoms with Gasteiger partial charge >= 0.3 is 0 Å². The number of thioether (sulfide) groups is 1. The van der Waals surface area contributed by atoms with Crippen LogP contribution < -0.4 is 10.6 Å². The van der Waals surface area contributed by atoms with Crippen molar-refractivity contribution < 1.29 is 14.0 Å². The maximum Gasteiger partial charge on any atom is 0.258 e. The van der Waals surface area contributed by atoms with E-state index in [4.69, 9.17) is 4.42 Å². The maximum absolute atomic E-state index is 12.6. The monoisotopic (exact) mass is 401 g/mol. The Balaban J connectivity index is 1.69. The third-order valence-electron chi connectivity index (χ3n) is 3.58. The molecule has 3 rings (SSSR count). The molecule has 140 valence electrons. The van der Waals surface area contributed by atoms with Gasteiger partial charge in [-0.1, -0.05) is 19.1 Å². The lowest BCUT2D eigenvalue weighted by atomic mass is 10.2. The van der Waals surface area contributed by atoms with Crippen LogP contribution in [0.1, 0.15) is 30.0 Å². The van der Waals surface area contributed by atoms with Crippen molar-refractivity contribution in [3.8, 4) is 11.5 Å². The van der Waals surface area contributed by atoms with Gasteiger partial charge in [0.15, 0.2) is 10.9 Å². The summed E-state index contributed by atoms with van der Waals surface area (Å²) in [6, 6.07) is 11.1. The second-order valence-corrected chi connectivity index (χ2v) is 7.76. The van der Waals surface area contributed by atoms with E-state index in [1.807, 2.05) is 29.6 Å². The summed E-state index contributed by atoms with van der Waals surface area (Å²) in [6.45, 7) is 3.83. The fraction of sp³-hybridized carbons (Fsp3) is 0.211. The minimum absolute atomic E-state index is 0.117. The first-order chi connectivity index (χ1) is 13.1. The molecule has 8 heteroatoms. The molecule has 0 spiro atoms. The Morgan fingerprint density at radius 2 is 2.04 bits per heavy atom. The largest absolute Gasteiger partial charge is 0.458 e. The van der Waals surface area contributed by atoms with Gasteiger partial charge in [0.25, 0.3) is 5.91 Å². The second-order valence-electron chi connectivity index (χ2n) is 5.60. The van der Waals surface area contributed by atoms with Crippen LogP contribution in [0.4, 0.5) is 5.13 Å². The first-order valence-corrected chi connectivity index (χ1v) is 10.3. The Labute approximate surface area is 165 Å². The van der Waals surface area contributed by atoms with Gasteiger partial charge in [0.2, 0.25) is 5.91 Å². The van der Waals surface area contributed by atoms with Crippen molar-refractivity contribution >= 4 is 40.0 Å². The van der Waals surface area contributed by atoms with Gasteiger partial charge in [-0.15, -0.1) is 23.1 Å². The summed E-state index contributed by atoms with van der Waals surface area (Å²) in [7, 11) is 0. The van der Waals surface area contributed by atoms with Crippen molar-refractivity contribution in [2.45, 2.75) is 25.3 Å². The lowest BCUT2D eigenvalue weighted by Crippen LogP contribution is -2.18. The maximum atomic E-state index is 12.6. The fourth-order valence-electron chi connectivity index (χ4n) is 2.37. The molecule has 0 unspecified atom stereocenters. The molecule has 0 saturated heterocycles. The van der Waals surface area contributed by atoms with E-state index >= 15 is 0 Å². The Morgan fingerprint density at radius 1 is 1.22 bits per heavy atom. The van der Waals surface area contributed by atoms with Gasteiger partial charge in [-0.3, -0.25) is 14.9 Å². The van der Waals surface area contributed by atoms with Crippen LogP contribution in [0.5, 0.6) is 0 Å². The summed E-state index contributed by atoms with van der Waals surface area (Å²) in [6.07, 6.45) is 0. The zero-order valence-corrected chi connectivity index (χ0v) is 16.6. The van der Waals surface area contributed by atoms with E-state index in [-0.39, 0.29) is 11.8 Å². The number of hydrogen-bond donors (Lipinski definition) is 2. The van der Waals surface area contributed by atoms with Crippen molar-refractivity contribution in [3.05, 3.63) is 53.1 Å². The Kier molecular flexibility index (Phi) is 6.31. The molecule has 2 N–H and O–H groups in total. The van der Waals surface area contributed by atoms with Crippen LogP contribution in [-0.2, 0) is 11.3 Å². The van der Waals surface area contributed by atoms with E-state index in [0.29, 0.717) is 34.5 Å². The summed E-state index contributed by atoms with van der Waals surface area (Å²) in [5.41, 5.74) is 1.28. The molecule has 0 aliphatic carbocycles. The average Bonchev–Trinajstić information content (AvgIpc) is 3.30. The SMILES string of the molecule is CCSc1ccccc1C(=O)Nc1nc(-c2ccc(CNC(C)=O)o2)cs1. The minimum atomic E-state index is -0.182. The summed E-state index contributed by atoms with van der Waals surface area (Å²) >= 11 is 2.96. The van der Waals surface area contributed by atoms with Crippen LogP contribution in [0.15, 0.2) is 51.1 Å². The van der Waals surface area contributed by atoms with Crippen LogP contribution in [-0.4, -0.2) is 22.6 Å². The molecule has 2 heterocycles. The molecule has 3 aromatic rings. The molecular formula is C19H19N3O3S2. The highest BCUT2D eigenvalue weighted by Crippen LogP contribution is 2.28. The Hall–Kier alpha value is -2.58. The van der Waals surface area contributed by atoms with Gasteiger partial charge in [0, 0.05) is 17.2 Å². The molecule has 2 amide bonds. The number of benzene rings is 1. The molecule has 0 atom stereocenters. The molecule has 0 aliphatic heterocycles. The first-order valence-electron chi connectivity index (χ1n) is 8.39. The van der Waals surface area contributed by atoms with E-state index < -0.39 is 0 Å². The van der Waals surface area contributed by atoms with Gasteiger partial charge < -0.3 is 9.73 Å². The number of thiazole rings is 1. The first kappa shape index (κ1) is 19.2. The lowest BCUT2D eigenvalue weighted by Gasteiger charge is -2.07. The van der Waals surface area contributed by atoms with Crippen molar-refractivity contribution in [1.82, 2.24) is 10.3 Å². The molecule has 0 fully saturated rings. The molecule has 0 saturated carbocycles. The summed E-state index contributed by atoms with van der Waals surface area (Å²) in [5, 5.41) is 7.86. The van der Waals surface area contributed by atoms with Crippen LogP contribution >= 0.6 is 23.1 Å². The highest BCUT2D eigenvalue weighted by Gasteiger charge is 2.15. The summed E-state index contributed by atoms with van der Waals surface area (Å²) in [5.74, 6) is 1.83. The third-order valence-corrected chi connectivity index (χ3v) is 5.30. The smallest absolute Gasteiger partial charge is 0.258 e. The van der Waals surface area contributed by atoms with Crippen LogP contribution in [0.2, 0.25) is 0 Å². The average molecular weight is 402 g/mol. The molecule has 0 aliphatic rings. The van der Waals surface area contributed by atoms with E-state index in [2.05, 4.69) is 22.5 Å². The minimum Gasteiger partial charge on any atom is -0.458 e. The van der Waals surface area contributed by atoms with Gasteiger partial charge in [-0.25, -0.2) is 4.98 Å². The normalized spacial score (nSPS) is 10.6. The molecule has 0 radical (unpaired) electrons. The Bertz CT molecular complexity index is 949. The number of amides is 2. The number of hydrogen-bond acceptors (Lipinski definition) is 6. The van der Waals surface area contributed by atoms with Crippen LogP contribution in [0, 0.1) is 0 Å². The highest BCUT2D eigenvalue weighted by molar-refractivity contribution is 7.99. The van der Waals surface area contributed by atoms with Crippen molar-refractivity contribution in [2.24, 2.45) is 0 Å². The van der Waals surface area contributed by atoms with E-state index in [1.54, 1.807) is 23.9 Å². The van der Waals surface area contributed by atoms with Crippen molar-refractivity contribution in [1.29, 1.82) is 0 Å². The topological polar surface area (TPSA) is 84.2 Å². The lowest BCUT2D eigenvalue weighted by molar-refractivity contribution is -0.119. The third kappa shape index (κ3) is 4.99. The predicted molar refractivity (Wildman–Crippen MR) is 108 cm³/mol. The zero-order valence-electron chi connectivity index (χ0n) is 14.9. The highest BCUT2D eigenvalue weighted by atomic mass is 32.2. The molecule has 6 nitrogen and oxygen atoms in total. The van der Waals surface area contributed by atoms with Crippen LogP contribution in [0.25, 0.3) is 11.5 Å². The molecular weight excluding hydrogens is 382 g/mol. The van der Waals surface area contributed by atoms with E-state index in [1.165, 1.54) is 18.3 Å². The van der Waals surface area contributed by atoms with Crippen molar-refractivity contribution in [3.63, 3.8) is 0 Å². The number of nitrogens with zero attached hydrogens (tertiary/aromatic N) is 1. The molecule has 1 aromatic carbocycles. The quantitative estimate of drug-likeness (QED) is 0.573. The van der Waals surface area contributed by atoms with Crippen LogP contribution in [0.3, 0.4) is 0 Å². The number of anilines is 1. The number of aromatic nitrogens is 1. The molecule has 27 heavy (non-hydrogen) atoms. The Morgan fingerprint density at radius 3 is 2.81 bits per heavy atom. The zero-order chi connectivity index (χ0) is 19.2. The van der Waals surface area contributed by atoms with Crippen molar-refractivity contribution in [2.75, 3.05) is 11.1 Å². The van der Waals surface area contributed by atoms with E-state index in [9.17, 15) is 9.59 Å². The predicted octanol–water partition coefficient (Wildman–Crippen LogP) is 4.40. The van der Waals surface area contributed by atoms with E-state index in [0.717, 1.165) is 10.6 Å². The molecule has 0 bridgehead atoms. The number of nitrogens with one attached hydrogen (secondary N) is 2. The number of furan rings is 1. The number of rotatable bonds is 7. The standard InChI is InChI=1S/C19H19N3O3S2/c1-3-26-17-7-5-4-6-14(17)18(24)22-19-21-15(11-27-19)16-9-8-13(25-16)10-20-12(2)23/h4-9,11H,3,10H2,1-2H3,(H,20,23)(H,21,22,24). The summed E-state index contributed by atoms with van der Waals surface area (Å²) < 4.78 is 5.69. The van der Waals surface area contributed by atoms with Gasteiger partial charge in [-0.05, 0) is 30.0 Å². The van der Waals surface area contributed by atoms with Gasteiger partial charge in [0.1, 0.15) is 11.5 Å². The fourth-order valence-corrected chi connectivity index (χ4v) is 3.86. The van der Waals surface area contributed by atoms with Gasteiger partial charge in [-0.2, -0.15) is 0 Å². The number of carbonyl (C=O) groups excluding carboxylic acids is 2. The van der Waals surface area contributed by atoms with Gasteiger partial charge in [0.05, 0.1) is 12.1 Å². The molecule has 2 aromatic heterocycles. The second kappa shape index (κ2) is 8.88.